The van der Waals surface area contributed by atoms with Crippen molar-refractivity contribution in [1.29, 1.82) is 0 Å². The summed E-state index contributed by atoms with van der Waals surface area (Å²) >= 11 is 5.80. The maximum Gasteiger partial charge on any atom is 0.0837 e. The van der Waals surface area contributed by atoms with Crippen LogP contribution in [0.1, 0.15) is 5.56 Å². The first-order valence-corrected chi connectivity index (χ1v) is 5.86. The molecule has 0 radical (unpaired) electrons. The normalized spacial score (nSPS) is 21.4. The summed E-state index contributed by atoms with van der Waals surface area (Å²) in [7, 11) is 0. The van der Waals surface area contributed by atoms with Gasteiger partial charge in [-0.05, 0) is 5.56 Å². The van der Waals surface area contributed by atoms with Crippen LogP contribution in [0.4, 0.5) is 0 Å². The second-order valence-corrected chi connectivity index (χ2v) is 4.18. The monoisotopic (exact) mass is 261 g/mol. The zero-order chi connectivity index (χ0) is 10.5. The van der Waals surface area contributed by atoms with Crippen LogP contribution < -0.4 is 0 Å². The van der Waals surface area contributed by atoms with Crippen LogP contribution in [-0.4, -0.2) is 36.6 Å². The van der Waals surface area contributed by atoms with Gasteiger partial charge in [-0.3, -0.25) is 4.90 Å². The second kappa shape index (κ2) is 7.13. The third kappa shape index (κ3) is 3.95. The fourth-order valence-corrected chi connectivity index (χ4v) is 2.05. The van der Waals surface area contributed by atoms with Crippen molar-refractivity contribution in [3.63, 3.8) is 0 Å². The van der Waals surface area contributed by atoms with Crippen LogP contribution >= 0.6 is 24.0 Å². The van der Waals surface area contributed by atoms with E-state index in [0.717, 1.165) is 26.2 Å². The Hall–Kier alpha value is -0.280. The van der Waals surface area contributed by atoms with Gasteiger partial charge in [0.15, 0.2) is 0 Å². The molecule has 0 amide bonds. The smallest absolute Gasteiger partial charge is 0.0837 e. The van der Waals surface area contributed by atoms with Crippen molar-refractivity contribution in [2.75, 3.05) is 25.6 Å². The number of alkyl halides is 1. The van der Waals surface area contributed by atoms with E-state index in [1.165, 1.54) is 5.56 Å². The van der Waals surface area contributed by atoms with E-state index in [1.54, 1.807) is 0 Å². The lowest BCUT2D eigenvalue weighted by atomic mass is 10.2. The molecule has 1 atom stereocenters. The van der Waals surface area contributed by atoms with E-state index < -0.39 is 0 Å². The van der Waals surface area contributed by atoms with Gasteiger partial charge in [-0.1, -0.05) is 30.3 Å². The molecule has 1 aliphatic rings. The minimum absolute atomic E-state index is 0. The highest BCUT2D eigenvalue weighted by molar-refractivity contribution is 6.18. The Bertz CT molecular complexity index is 294. The molecule has 2 nitrogen and oxygen atoms in total. The summed E-state index contributed by atoms with van der Waals surface area (Å²) in [4.78, 5) is 2.39. The summed E-state index contributed by atoms with van der Waals surface area (Å²) < 4.78 is 5.52. The zero-order valence-electron chi connectivity index (χ0n) is 9.14. The molecule has 1 saturated heterocycles. The topological polar surface area (TPSA) is 12.5 Å². The average molecular weight is 262 g/mol. The van der Waals surface area contributed by atoms with E-state index in [0.29, 0.717) is 5.88 Å². The molecule has 0 aromatic heterocycles. The largest absolute Gasteiger partial charge is 0.374 e. The maximum atomic E-state index is 5.80. The molecule has 16 heavy (non-hydrogen) atoms. The highest BCUT2D eigenvalue weighted by atomic mass is 35.5. The van der Waals surface area contributed by atoms with Crippen molar-refractivity contribution in [3.8, 4) is 0 Å². The van der Waals surface area contributed by atoms with E-state index in [1.807, 2.05) is 6.07 Å². The first-order chi connectivity index (χ1) is 7.38. The summed E-state index contributed by atoms with van der Waals surface area (Å²) in [5, 5.41) is 0. The number of halogens is 2. The van der Waals surface area contributed by atoms with Crippen LogP contribution in [0.15, 0.2) is 30.3 Å². The predicted molar refractivity (Wildman–Crippen MR) is 69.4 cm³/mol. The van der Waals surface area contributed by atoms with Crippen molar-refractivity contribution in [1.82, 2.24) is 4.90 Å². The van der Waals surface area contributed by atoms with Crippen molar-refractivity contribution < 1.29 is 4.74 Å². The van der Waals surface area contributed by atoms with E-state index in [-0.39, 0.29) is 18.5 Å². The third-order valence-corrected chi connectivity index (χ3v) is 2.99. The van der Waals surface area contributed by atoms with Gasteiger partial charge in [0, 0.05) is 25.5 Å². The first kappa shape index (κ1) is 13.8. The van der Waals surface area contributed by atoms with Gasteiger partial charge in [0.2, 0.25) is 0 Å². The van der Waals surface area contributed by atoms with Crippen molar-refractivity contribution >= 4 is 24.0 Å². The quantitative estimate of drug-likeness (QED) is 0.776. The number of nitrogens with zero attached hydrogens (tertiary/aromatic N) is 1. The lowest BCUT2D eigenvalue weighted by Crippen LogP contribution is -2.42. The van der Waals surface area contributed by atoms with Gasteiger partial charge in [-0.25, -0.2) is 0 Å². The van der Waals surface area contributed by atoms with Gasteiger partial charge in [0.25, 0.3) is 0 Å². The van der Waals surface area contributed by atoms with Crippen LogP contribution in [0.25, 0.3) is 0 Å². The molecule has 1 heterocycles. The standard InChI is InChI=1S/C12H16ClNO.ClH/c13-8-12-10-14(6-7-15-12)9-11-4-2-1-3-5-11;/h1-5,12H,6-10H2;1H/t12-;/m0./s1. The van der Waals surface area contributed by atoms with E-state index in [2.05, 4.69) is 29.2 Å². The molecule has 1 aromatic rings. The number of rotatable bonds is 3. The third-order valence-electron chi connectivity index (χ3n) is 2.64. The van der Waals surface area contributed by atoms with E-state index >= 15 is 0 Å². The number of benzene rings is 1. The second-order valence-electron chi connectivity index (χ2n) is 3.87. The Balaban J connectivity index is 0.00000128. The average Bonchev–Trinajstić information content (AvgIpc) is 2.31. The zero-order valence-corrected chi connectivity index (χ0v) is 10.7. The SMILES string of the molecule is Cl.ClC[C@H]1CN(Cc2ccccc2)CCO1. The van der Waals surface area contributed by atoms with Gasteiger partial charge in [-0.15, -0.1) is 24.0 Å². The molecular weight excluding hydrogens is 245 g/mol. The number of ether oxygens (including phenoxy) is 1. The molecule has 1 aliphatic heterocycles. The molecule has 1 aromatic carbocycles. The van der Waals surface area contributed by atoms with Gasteiger partial charge in [0.1, 0.15) is 0 Å². The molecule has 2 rings (SSSR count). The lowest BCUT2D eigenvalue weighted by molar-refractivity contribution is -0.0193. The highest BCUT2D eigenvalue weighted by Gasteiger charge is 2.19. The minimum atomic E-state index is 0. The number of morpholine rings is 1. The molecule has 0 unspecified atom stereocenters. The van der Waals surface area contributed by atoms with Crippen molar-refractivity contribution in [2.45, 2.75) is 12.6 Å². The predicted octanol–water partition coefficient (Wildman–Crippen LogP) is 2.55. The summed E-state index contributed by atoms with van der Waals surface area (Å²) in [6.07, 6.45) is 0.198. The Morgan fingerprint density at radius 1 is 1.31 bits per heavy atom. The van der Waals surface area contributed by atoms with Crippen LogP contribution in [0.2, 0.25) is 0 Å². The van der Waals surface area contributed by atoms with E-state index in [9.17, 15) is 0 Å². The van der Waals surface area contributed by atoms with Crippen LogP contribution in [0, 0.1) is 0 Å². The molecule has 4 heteroatoms. The number of hydrogen-bond donors (Lipinski definition) is 0. The molecular formula is C12H17Cl2NO. The molecule has 0 bridgehead atoms. The van der Waals surface area contributed by atoms with Gasteiger partial charge >= 0.3 is 0 Å². The maximum absolute atomic E-state index is 5.80. The molecule has 0 saturated carbocycles. The molecule has 90 valence electrons. The number of hydrogen-bond acceptors (Lipinski definition) is 2. The Morgan fingerprint density at radius 3 is 2.75 bits per heavy atom. The molecule has 0 N–H and O–H groups in total. The lowest BCUT2D eigenvalue weighted by Gasteiger charge is -2.31. The fraction of sp³-hybridized carbons (Fsp3) is 0.500. The Morgan fingerprint density at radius 2 is 2.06 bits per heavy atom. The highest BCUT2D eigenvalue weighted by Crippen LogP contribution is 2.10. The molecule has 0 aliphatic carbocycles. The van der Waals surface area contributed by atoms with E-state index in [4.69, 9.17) is 16.3 Å². The molecule has 0 spiro atoms. The van der Waals surface area contributed by atoms with Gasteiger partial charge in [-0.2, -0.15) is 0 Å². The van der Waals surface area contributed by atoms with Gasteiger partial charge in [0.05, 0.1) is 12.7 Å². The summed E-state index contributed by atoms with van der Waals surface area (Å²) in [6.45, 7) is 3.74. The van der Waals surface area contributed by atoms with Crippen LogP contribution in [-0.2, 0) is 11.3 Å². The first-order valence-electron chi connectivity index (χ1n) is 5.32. The Labute approximate surface area is 108 Å². The van der Waals surface area contributed by atoms with Crippen LogP contribution in [0.3, 0.4) is 0 Å². The molecule has 1 fully saturated rings. The van der Waals surface area contributed by atoms with Crippen molar-refractivity contribution in [3.05, 3.63) is 35.9 Å². The fourth-order valence-electron chi connectivity index (χ4n) is 1.86. The van der Waals surface area contributed by atoms with Crippen LogP contribution in [0.5, 0.6) is 0 Å². The summed E-state index contributed by atoms with van der Waals surface area (Å²) in [5.74, 6) is 0.589. The minimum Gasteiger partial charge on any atom is -0.374 e. The Kier molecular flexibility index (Phi) is 6.14. The summed E-state index contributed by atoms with van der Waals surface area (Å²) in [6, 6.07) is 10.5. The van der Waals surface area contributed by atoms with Crippen molar-refractivity contribution in [2.24, 2.45) is 0 Å². The van der Waals surface area contributed by atoms with Gasteiger partial charge < -0.3 is 4.74 Å². The summed E-state index contributed by atoms with van der Waals surface area (Å²) in [5.41, 5.74) is 1.35.